The van der Waals surface area contributed by atoms with E-state index in [0.29, 0.717) is 50.9 Å². The van der Waals surface area contributed by atoms with Crippen LogP contribution in [-0.4, -0.2) is 70.8 Å². The fourth-order valence-electron chi connectivity index (χ4n) is 3.96. The zero-order chi connectivity index (χ0) is 20.4. The summed E-state index contributed by atoms with van der Waals surface area (Å²) in [5.41, 5.74) is 7.73. The van der Waals surface area contributed by atoms with Gasteiger partial charge in [-0.15, -0.1) is 24.8 Å². The van der Waals surface area contributed by atoms with Crippen LogP contribution in [0.3, 0.4) is 0 Å². The predicted octanol–water partition coefficient (Wildman–Crippen LogP) is 2.60. The molecule has 1 atom stereocenters. The maximum Gasteiger partial charge on any atom is 0.244 e. The number of piperazine rings is 1. The highest BCUT2D eigenvalue weighted by Gasteiger charge is 2.40. The summed E-state index contributed by atoms with van der Waals surface area (Å²) in [6.07, 6.45) is 1.18. The van der Waals surface area contributed by atoms with Gasteiger partial charge in [-0.2, -0.15) is 4.98 Å². The number of halogens is 2. The minimum atomic E-state index is -0.776. The number of carbonyl (C=O) groups is 1. The van der Waals surface area contributed by atoms with Gasteiger partial charge in [-0.25, -0.2) is 0 Å². The molecule has 0 radical (unpaired) electrons. The number of nitrogens with zero attached hydrogens (tertiary/aromatic N) is 4. The third kappa shape index (κ3) is 5.56. The van der Waals surface area contributed by atoms with Crippen LogP contribution in [0.2, 0.25) is 0 Å². The molecule has 2 aliphatic heterocycles. The Morgan fingerprint density at radius 3 is 2.32 bits per heavy atom. The first-order valence-electron chi connectivity index (χ1n) is 10.3. The number of aryl methyl sites for hydroxylation is 1. The Balaban J connectivity index is 0.00000171. The van der Waals surface area contributed by atoms with E-state index in [2.05, 4.69) is 22.0 Å². The number of benzene rings is 1. The molecule has 172 valence electrons. The van der Waals surface area contributed by atoms with Gasteiger partial charge in [0.1, 0.15) is 0 Å². The van der Waals surface area contributed by atoms with Crippen molar-refractivity contribution in [2.75, 3.05) is 39.4 Å². The molecule has 0 spiro atoms. The summed E-state index contributed by atoms with van der Waals surface area (Å²) in [6, 6.07) is 8.06. The summed E-state index contributed by atoms with van der Waals surface area (Å²) in [7, 11) is 0. The Bertz CT molecular complexity index is 847. The lowest BCUT2D eigenvalue weighted by Gasteiger charge is -2.41. The van der Waals surface area contributed by atoms with Crippen molar-refractivity contribution in [2.24, 2.45) is 5.73 Å². The highest BCUT2D eigenvalue weighted by Crippen LogP contribution is 2.25. The van der Waals surface area contributed by atoms with Crippen LogP contribution in [0.4, 0.5) is 0 Å². The van der Waals surface area contributed by atoms with Crippen molar-refractivity contribution in [1.29, 1.82) is 0 Å². The van der Waals surface area contributed by atoms with Gasteiger partial charge in [0, 0.05) is 45.0 Å². The van der Waals surface area contributed by atoms with Crippen molar-refractivity contribution in [3.63, 3.8) is 0 Å². The van der Waals surface area contributed by atoms with Gasteiger partial charge >= 0.3 is 0 Å². The molecule has 1 aromatic carbocycles. The maximum atomic E-state index is 12.9. The molecule has 2 fully saturated rings. The van der Waals surface area contributed by atoms with Crippen molar-refractivity contribution < 1.29 is 14.1 Å². The Morgan fingerprint density at radius 2 is 1.71 bits per heavy atom. The number of rotatable bonds is 4. The number of carbonyl (C=O) groups excluding carboxylic acids is 1. The van der Waals surface area contributed by atoms with E-state index >= 15 is 0 Å². The number of nitrogens with two attached hydrogens (primary N) is 1. The third-order valence-corrected chi connectivity index (χ3v) is 6.07. The highest BCUT2D eigenvalue weighted by atomic mass is 35.5. The monoisotopic (exact) mass is 471 g/mol. The average Bonchev–Trinajstić information content (AvgIpc) is 3.24. The van der Waals surface area contributed by atoms with Gasteiger partial charge in [-0.1, -0.05) is 35.0 Å². The molecule has 1 aromatic heterocycles. The zero-order valence-electron chi connectivity index (χ0n) is 18.0. The summed E-state index contributed by atoms with van der Waals surface area (Å²) in [4.78, 5) is 21.6. The predicted molar refractivity (Wildman–Crippen MR) is 123 cm³/mol. The van der Waals surface area contributed by atoms with Gasteiger partial charge in [0.15, 0.2) is 0 Å². The molecule has 2 aromatic rings. The zero-order valence-corrected chi connectivity index (χ0v) is 19.6. The number of ether oxygens (including phenoxy) is 1. The minimum absolute atomic E-state index is 0. The quantitative estimate of drug-likeness (QED) is 0.731. The molecule has 0 aliphatic carbocycles. The van der Waals surface area contributed by atoms with Crippen molar-refractivity contribution in [3.8, 4) is 11.4 Å². The van der Waals surface area contributed by atoms with Crippen LogP contribution in [0.5, 0.6) is 0 Å². The van der Waals surface area contributed by atoms with E-state index in [-0.39, 0.29) is 36.8 Å². The summed E-state index contributed by atoms with van der Waals surface area (Å²) >= 11 is 0. The van der Waals surface area contributed by atoms with Gasteiger partial charge in [-0.05, 0) is 26.7 Å². The number of hydrogen-bond acceptors (Lipinski definition) is 7. The fourth-order valence-corrected chi connectivity index (χ4v) is 3.96. The van der Waals surface area contributed by atoms with Crippen LogP contribution in [-0.2, 0) is 9.53 Å². The molecule has 10 heteroatoms. The maximum absolute atomic E-state index is 12.9. The van der Waals surface area contributed by atoms with Crippen LogP contribution in [0.25, 0.3) is 11.4 Å². The summed E-state index contributed by atoms with van der Waals surface area (Å²) in [6.45, 7) is 8.03. The summed E-state index contributed by atoms with van der Waals surface area (Å²) < 4.78 is 10.9. The molecule has 31 heavy (non-hydrogen) atoms. The van der Waals surface area contributed by atoms with E-state index in [1.165, 1.54) is 5.56 Å². The smallest absolute Gasteiger partial charge is 0.244 e. The number of hydrogen-bond donors (Lipinski definition) is 1. The molecule has 1 unspecified atom stereocenters. The van der Waals surface area contributed by atoms with Gasteiger partial charge in [0.05, 0.1) is 11.6 Å². The second-order valence-corrected chi connectivity index (χ2v) is 8.09. The van der Waals surface area contributed by atoms with Gasteiger partial charge in [-0.3, -0.25) is 9.69 Å². The van der Waals surface area contributed by atoms with E-state index in [0.717, 1.165) is 18.7 Å². The summed E-state index contributed by atoms with van der Waals surface area (Å²) in [5, 5.41) is 4.14. The molecule has 0 bridgehead atoms. The SMILES string of the molecule is Cc1ccc(-c2noc(C(C)N3CCN(C(=O)C4(N)CCOCC4)CC3)n2)cc1.Cl.Cl. The fraction of sp³-hybridized carbons (Fsp3) is 0.571. The molecule has 3 heterocycles. The van der Waals surface area contributed by atoms with Crippen molar-refractivity contribution in [2.45, 2.75) is 38.3 Å². The van der Waals surface area contributed by atoms with Crippen LogP contribution in [0, 0.1) is 6.92 Å². The van der Waals surface area contributed by atoms with E-state index in [1.54, 1.807) is 0 Å². The number of amides is 1. The molecule has 2 aliphatic rings. The second kappa shape index (κ2) is 10.7. The van der Waals surface area contributed by atoms with Gasteiger partial charge < -0.3 is 19.9 Å². The summed E-state index contributed by atoms with van der Waals surface area (Å²) in [5.74, 6) is 1.25. The molecule has 4 rings (SSSR count). The third-order valence-electron chi connectivity index (χ3n) is 6.07. The van der Waals surface area contributed by atoms with E-state index < -0.39 is 5.54 Å². The first kappa shape index (κ1) is 25.5. The van der Waals surface area contributed by atoms with Gasteiger partial charge in [0.2, 0.25) is 17.6 Å². The highest BCUT2D eigenvalue weighted by molar-refractivity contribution is 5.86. The lowest BCUT2D eigenvalue weighted by molar-refractivity contribution is -0.142. The van der Waals surface area contributed by atoms with Gasteiger partial charge in [0.25, 0.3) is 0 Å². The average molecular weight is 472 g/mol. The first-order valence-corrected chi connectivity index (χ1v) is 10.3. The van der Waals surface area contributed by atoms with E-state index in [9.17, 15) is 4.79 Å². The van der Waals surface area contributed by atoms with Crippen molar-refractivity contribution in [1.82, 2.24) is 19.9 Å². The standard InChI is InChI=1S/C21H29N5O3.2ClH/c1-15-3-5-17(6-4-15)18-23-19(29-24-18)16(2)25-9-11-26(12-10-25)20(27)21(22)7-13-28-14-8-21;;/h3-6,16H,7-14,22H2,1-2H3;2*1H. The number of aromatic nitrogens is 2. The molecular weight excluding hydrogens is 441 g/mol. The molecule has 1 amide bonds. The van der Waals surface area contributed by atoms with Crippen molar-refractivity contribution >= 4 is 30.7 Å². The Hall–Kier alpha value is -1.71. The largest absolute Gasteiger partial charge is 0.381 e. The Morgan fingerprint density at radius 1 is 1.10 bits per heavy atom. The Kier molecular flexibility index (Phi) is 8.85. The molecule has 0 saturated carbocycles. The topological polar surface area (TPSA) is 97.7 Å². The first-order chi connectivity index (χ1) is 14.0. The Labute approximate surface area is 195 Å². The molecule has 2 N–H and O–H groups in total. The van der Waals surface area contributed by atoms with Crippen LogP contribution < -0.4 is 5.73 Å². The lowest BCUT2D eigenvalue weighted by atomic mass is 9.89. The van der Waals surface area contributed by atoms with Crippen LogP contribution in [0.1, 0.15) is 37.3 Å². The second-order valence-electron chi connectivity index (χ2n) is 8.09. The molecule has 2 saturated heterocycles. The minimum Gasteiger partial charge on any atom is -0.381 e. The van der Waals surface area contributed by atoms with Crippen LogP contribution >= 0.6 is 24.8 Å². The molecular formula is C21H31Cl2N5O3. The molecule has 8 nitrogen and oxygen atoms in total. The van der Waals surface area contributed by atoms with E-state index in [4.69, 9.17) is 15.0 Å². The van der Waals surface area contributed by atoms with Crippen molar-refractivity contribution in [3.05, 3.63) is 35.7 Å². The normalized spacial score (nSPS) is 19.8. The lowest BCUT2D eigenvalue weighted by Crippen LogP contribution is -2.61. The van der Waals surface area contributed by atoms with Crippen LogP contribution in [0.15, 0.2) is 28.8 Å². The van der Waals surface area contributed by atoms with E-state index in [1.807, 2.05) is 36.1 Å².